The molecule has 0 fully saturated rings. The van der Waals surface area contributed by atoms with Gasteiger partial charge in [0, 0.05) is 12.7 Å². The quantitative estimate of drug-likeness (QED) is 0.596. The van der Waals surface area contributed by atoms with Gasteiger partial charge >= 0.3 is 5.97 Å². The van der Waals surface area contributed by atoms with Crippen molar-refractivity contribution in [3.05, 3.63) is 29.8 Å². The molecule has 1 N–H and O–H groups in total. The van der Waals surface area contributed by atoms with Crippen molar-refractivity contribution < 1.29 is 9.53 Å². The Morgan fingerprint density at radius 2 is 2.27 bits per heavy atom. The number of rotatable bonds is 5. The molecule has 1 aromatic carbocycles. The molecule has 0 radical (unpaired) electrons. The van der Waals surface area contributed by atoms with Gasteiger partial charge in [0.15, 0.2) is 0 Å². The van der Waals surface area contributed by atoms with Crippen LogP contribution in [-0.2, 0) is 4.74 Å². The highest BCUT2D eigenvalue weighted by Crippen LogP contribution is 2.10. The molecule has 0 atom stereocenters. The molecule has 3 nitrogen and oxygen atoms in total. The van der Waals surface area contributed by atoms with Crippen molar-refractivity contribution in [1.82, 2.24) is 0 Å². The molecule has 0 saturated heterocycles. The molecule has 3 heteroatoms. The van der Waals surface area contributed by atoms with Gasteiger partial charge < -0.3 is 10.1 Å². The van der Waals surface area contributed by atoms with Crippen molar-refractivity contribution >= 4 is 11.7 Å². The zero-order valence-electron chi connectivity index (χ0n) is 9.25. The summed E-state index contributed by atoms with van der Waals surface area (Å²) >= 11 is 0. The van der Waals surface area contributed by atoms with E-state index in [1.165, 1.54) is 0 Å². The monoisotopic (exact) mass is 207 g/mol. The Labute approximate surface area is 90.4 Å². The summed E-state index contributed by atoms with van der Waals surface area (Å²) in [6.07, 6.45) is 1.95. The summed E-state index contributed by atoms with van der Waals surface area (Å²) in [5.41, 5.74) is 1.51. The van der Waals surface area contributed by atoms with Gasteiger partial charge in [-0.2, -0.15) is 0 Å². The summed E-state index contributed by atoms with van der Waals surface area (Å²) in [7, 11) is 1.82. The summed E-state index contributed by atoms with van der Waals surface area (Å²) in [6.45, 7) is 2.56. The molecular weight excluding hydrogens is 190 g/mol. The van der Waals surface area contributed by atoms with Gasteiger partial charge in [0.25, 0.3) is 0 Å². The van der Waals surface area contributed by atoms with E-state index in [1.807, 2.05) is 19.2 Å². The average Bonchev–Trinajstić information content (AvgIpc) is 2.29. The van der Waals surface area contributed by atoms with Gasteiger partial charge in [-0.1, -0.05) is 19.4 Å². The fraction of sp³-hybridized carbons (Fsp3) is 0.417. The molecule has 0 amide bonds. The van der Waals surface area contributed by atoms with Crippen LogP contribution in [0.5, 0.6) is 0 Å². The third-order valence-corrected chi connectivity index (χ3v) is 2.12. The van der Waals surface area contributed by atoms with E-state index in [2.05, 4.69) is 12.2 Å². The van der Waals surface area contributed by atoms with Crippen LogP contribution in [0.4, 0.5) is 5.69 Å². The fourth-order valence-electron chi connectivity index (χ4n) is 1.19. The molecule has 0 unspecified atom stereocenters. The first-order valence-electron chi connectivity index (χ1n) is 5.23. The Kier molecular flexibility index (Phi) is 4.68. The minimum Gasteiger partial charge on any atom is -0.462 e. The molecule has 0 aromatic heterocycles. The maximum atomic E-state index is 11.5. The lowest BCUT2D eigenvalue weighted by Crippen LogP contribution is -2.06. The van der Waals surface area contributed by atoms with Gasteiger partial charge in [-0.3, -0.25) is 0 Å². The van der Waals surface area contributed by atoms with Gasteiger partial charge in [-0.05, 0) is 24.6 Å². The van der Waals surface area contributed by atoms with Crippen LogP contribution in [0.15, 0.2) is 24.3 Å². The number of nitrogens with one attached hydrogen (secondary N) is 1. The zero-order chi connectivity index (χ0) is 11.1. The van der Waals surface area contributed by atoms with Crippen LogP contribution in [-0.4, -0.2) is 19.6 Å². The molecule has 0 saturated carbocycles. The molecule has 1 rings (SSSR count). The van der Waals surface area contributed by atoms with Crippen molar-refractivity contribution in [3.8, 4) is 0 Å². The summed E-state index contributed by atoms with van der Waals surface area (Å²) < 4.78 is 5.10. The van der Waals surface area contributed by atoms with Crippen LogP contribution in [0.3, 0.4) is 0 Å². The number of carbonyl (C=O) groups excluding carboxylic acids is 1. The summed E-state index contributed by atoms with van der Waals surface area (Å²) in [6, 6.07) is 7.29. The van der Waals surface area contributed by atoms with Crippen molar-refractivity contribution in [2.24, 2.45) is 0 Å². The highest BCUT2D eigenvalue weighted by molar-refractivity contribution is 5.90. The molecule has 82 valence electrons. The number of carbonyl (C=O) groups is 1. The number of unbranched alkanes of at least 4 members (excludes halogenated alkanes) is 1. The number of benzene rings is 1. The minimum absolute atomic E-state index is 0.249. The Morgan fingerprint density at radius 1 is 1.47 bits per heavy atom. The molecule has 0 spiro atoms. The highest BCUT2D eigenvalue weighted by Gasteiger charge is 2.06. The number of hydrogen-bond acceptors (Lipinski definition) is 3. The second-order valence-corrected chi connectivity index (χ2v) is 3.32. The van der Waals surface area contributed by atoms with Crippen LogP contribution >= 0.6 is 0 Å². The number of ether oxygens (including phenoxy) is 1. The Balaban J connectivity index is 2.57. The van der Waals surface area contributed by atoms with E-state index < -0.39 is 0 Å². The number of hydrogen-bond donors (Lipinski definition) is 1. The van der Waals surface area contributed by atoms with E-state index in [0.29, 0.717) is 12.2 Å². The lowest BCUT2D eigenvalue weighted by atomic mass is 10.2. The maximum absolute atomic E-state index is 11.5. The maximum Gasteiger partial charge on any atom is 0.338 e. The first-order valence-corrected chi connectivity index (χ1v) is 5.23. The van der Waals surface area contributed by atoms with Crippen molar-refractivity contribution in [1.29, 1.82) is 0 Å². The van der Waals surface area contributed by atoms with Crippen LogP contribution < -0.4 is 5.32 Å². The van der Waals surface area contributed by atoms with E-state index >= 15 is 0 Å². The Morgan fingerprint density at radius 3 is 2.93 bits per heavy atom. The predicted octanol–water partition coefficient (Wildman–Crippen LogP) is 2.69. The first kappa shape index (κ1) is 11.6. The molecule has 0 heterocycles. The molecule has 0 bridgehead atoms. The summed E-state index contributed by atoms with van der Waals surface area (Å²) in [5, 5.41) is 2.98. The normalized spacial score (nSPS) is 9.73. The first-order chi connectivity index (χ1) is 7.27. The fourth-order valence-corrected chi connectivity index (χ4v) is 1.19. The largest absolute Gasteiger partial charge is 0.462 e. The van der Waals surface area contributed by atoms with E-state index in [9.17, 15) is 4.79 Å². The lowest BCUT2D eigenvalue weighted by Gasteiger charge is -2.05. The third-order valence-electron chi connectivity index (χ3n) is 2.12. The molecule has 0 aliphatic heterocycles. The van der Waals surface area contributed by atoms with Crippen molar-refractivity contribution in [3.63, 3.8) is 0 Å². The van der Waals surface area contributed by atoms with E-state index in [1.54, 1.807) is 12.1 Å². The van der Waals surface area contributed by atoms with Gasteiger partial charge in [0.05, 0.1) is 12.2 Å². The molecule has 0 aliphatic rings. The molecule has 15 heavy (non-hydrogen) atoms. The van der Waals surface area contributed by atoms with Crippen molar-refractivity contribution in [2.75, 3.05) is 19.0 Å². The van der Waals surface area contributed by atoms with Crippen LogP contribution in [0.1, 0.15) is 30.1 Å². The molecular formula is C12H17NO2. The van der Waals surface area contributed by atoms with Crippen LogP contribution in [0.2, 0.25) is 0 Å². The Bertz CT molecular complexity index is 323. The minimum atomic E-state index is -0.249. The van der Waals surface area contributed by atoms with E-state index in [4.69, 9.17) is 4.74 Å². The van der Waals surface area contributed by atoms with Crippen LogP contribution in [0.25, 0.3) is 0 Å². The lowest BCUT2D eigenvalue weighted by molar-refractivity contribution is 0.0500. The van der Waals surface area contributed by atoms with Gasteiger partial charge in [0.1, 0.15) is 0 Å². The smallest absolute Gasteiger partial charge is 0.338 e. The van der Waals surface area contributed by atoms with Gasteiger partial charge in [-0.25, -0.2) is 4.79 Å². The third kappa shape index (κ3) is 3.62. The predicted molar refractivity (Wildman–Crippen MR) is 61.2 cm³/mol. The molecule has 0 aliphatic carbocycles. The number of anilines is 1. The average molecular weight is 207 g/mol. The zero-order valence-corrected chi connectivity index (χ0v) is 9.25. The Hall–Kier alpha value is -1.51. The van der Waals surface area contributed by atoms with E-state index in [-0.39, 0.29) is 5.97 Å². The van der Waals surface area contributed by atoms with E-state index in [0.717, 1.165) is 18.5 Å². The van der Waals surface area contributed by atoms with Gasteiger partial charge in [-0.15, -0.1) is 0 Å². The second-order valence-electron chi connectivity index (χ2n) is 3.32. The topological polar surface area (TPSA) is 38.3 Å². The highest BCUT2D eigenvalue weighted by atomic mass is 16.5. The summed E-state index contributed by atoms with van der Waals surface area (Å²) in [4.78, 5) is 11.5. The van der Waals surface area contributed by atoms with Crippen molar-refractivity contribution in [2.45, 2.75) is 19.8 Å². The van der Waals surface area contributed by atoms with Crippen LogP contribution in [0, 0.1) is 0 Å². The standard InChI is InChI=1S/C12H17NO2/c1-3-4-8-15-12(14)10-6-5-7-11(9-10)13-2/h5-7,9,13H,3-4,8H2,1-2H3. The second kappa shape index (κ2) is 6.06. The number of esters is 1. The molecule has 1 aromatic rings. The van der Waals surface area contributed by atoms with Gasteiger partial charge in [0.2, 0.25) is 0 Å². The SMILES string of the molecule is CCCCOC(=O)c1cccc(NC)c1. The summed E-state index contributed by atoms with van der Waals surface area (Å²) in [5.74, 6) is -0.249.